The van der Waals surface area contributed by atoms with Gasteiger partial charge >= 0.3 is 0 Å². The highest BCUT2D eigenvalue weighted by molar-refractivity contribution is 7.89. The van der Waals surface area contributed by atoms with Crippen LogP contribution in [0, 0.1) is 12.8 Å². The molecule has 1 N–H and O–H groups in total. The third kappa shape index (κ3) is 10.1. The topological polar surface area (TPSA) is 107 Å². The third-order valence-electron chi connectivity index (χ3n) is 9.57. The Bertz CT molecular complexity index is 1580. The van der Waals surface area contributed by atoms with E-state index in [4.69, 9.17) is 23.7 Å². The molecule has 5 rings (SSSR count). The highest BCUT2D eigenvalue weighted by atomic mass is 32.2. The summed E-state index contributed by atoms with van der Waals surface area (Å²) in [4.78, 5) is 2.64. The zero-order valence-corrected chi connectivity index (χ0v) is 30.8. The van der Waals surface area contributed by atoms with Gasteiger partial charge in [-0.3, -0.25) is 0 Å². The van der Waals surface area contributed by atoms with Crippen LogP contribution < -0.4 is 9.64 Å². The minimum absolute atomic E-state index is 0.0585. The summed E-state index contributed by atoms with van der Waals surface area (Å²) < 4.78 is 58.3. The molecule has 0 aliphatic carbocycles. The van der Waals surface area contributed by atoms with Crippen LogP contribution in [0.4, 0.5) is 5.69 Å². The quantitative estimate of drug-likeness (QED) is 0.179. The van der Waals surface area contributed by atoms with E-state index in [2.05, 4.69) is 47.4 Å². The van der Waals surface area contributed by atoms with Crippen molar-refractivity contribution in [2.45, 2.75) is 62.7 Å². The third-order valence-corrected chi connectivity index (χ3v) is 11.4. The van der Waals surface area contributed by atoms with Crippen molar-refractivity contribution < 1.29 is 37.2 Å². The first-order valence-electron chi connectivity index (χ1n) is 17.7. The molecule has 0 amide bonds. The first-order valence-corrected chi connectivity index (χ1v) is 19.1. The zero-order valence-electron chi connectivity index (χ0n) is 30.0. The maximum Gasteiger partial charge on any atom is 0.243 e. The van der Waals surface area contributed by atoms with Gasteiger partial charge in [0.1, 0.15) is 12.4 Å². The number of anilines is 1. The van der Waals surface area contributed by atoms with E-state index in [0.717, 1.165) is 60.5 Å². The van der Waals surface area contributed by atoms with Gasteiger partial charge in [-0.1, -0.05) is 48.0 Å². The SMILES string of the molecule is COCCCN1CCOc2ccc(CC[C@H]3CN(S(=O)(=O)c4ccc(C)cc4)C[C@@H](OCC(C)O)[C@@H]3c3ccc(COCCOC)cc3)cc21. The van der Waals surface area contributed by atoms with E-state index in [0.29, 0.717) is 39.6 Å². The summed E-state index contributed by atoms with van der Waals surface area (Å²) in [7, 11) is -0.413. The molecule has 10 nitrogen and oxygen atoms in total. The van der Waals surface area contributed by atoms with Crippen LogP contribution in [-0.4, -0.2) is 103 Å². The molecule has 4 atom stereocenters. The van der Waals surface area contributed by atoms with Crippen molar-refractivity contribution in [2.75, 3.05) is 78.3 Å². The lowest BCUT2D eigenvalue weighted by Gasteiger charge is -2.43. The van der Waals surface area contributed by atoms with Crippen LogP contribution in [0.1, 0.15) is 47.9 Å². The van der Waals surface area contributed by atoms with E-state index in [1.54, 1.807) is 37.6 Å². The Morgan fingerprint density at radius 1 is 0.940 bits per heavy atom. The van der Waals surface area contributed by atoms with E-state index in [-0.39, 0.29) is 29.9 Å². The summed E-state index contributed by atoms with van der Waals surface area (Å²) in [6.07, 6.45) is 1.29. The lowest BCUT2D eigenvalue weighted by atomic mass is 9.76. The van der Waals surface area contributed by atoms with Crippen molar-refractivity contribution in [2.24, 2.45) is 5.92 Å². The normalized spacial score (nSPS) is 20.3. The van der Waals surface area contributed by atoms with Gasteiger partial charge in [0.25, 0.3) is 0 Å². The monoisotopic (exact) mass is 710 g/mol. The number of piperidine rings is 1. The van der Waals surface area contributed by atoms with Gasteiger partial charge in [-0.25, -0.2) is 8.42 Å². The number of aryl methyl sites for hydroxylation is 2. The van der Waals surface area contributed by atoms with Gasteiger partial charge in [0.15, 0.2) is 0 Å². The van der Waals surface area contributed by atoms with Crippen LogP contribution >= 0.6 is 0 Å². The van der Waals surface area contributed by atoms with Crippen LogP contribution in [0.15, 0.2) is 71.6 Å². The maximum absolute atomic E-state index is 14.1. The second kappa shape index (κ2) is 18.5. The molecule has 11 heteroatoms. The Morgan fingerprint density at radius 2 is 1.68 bits per heavy atom. The van der Waals surface area contributed by atoms with E-state index < -0.39 is 22.2 Å². The fourth-order valence-electron chi connectivity index (χ4n) is 6.93. The number of methoxy groups -OCH3 is 2. The molecule has 274 valence electrons. The average Bonchev–Trinajstić information content (AvgIpc) is 3.12. The molecule has 3 aromatic carbocycles. The summed E-state index contributed by atoms with van der Waals surface area (Å²) >= 11 is 0. The summed E-state index contributed by atoms with van der Waals surface area (Å²) in [5, 5.41) is 10.2. The summed E-state index contributed by atoms with van der Waals surface area (Å²) in [5.41, 5.74) is 5.40. The highest BCUT2D eigenvalue weighted by Gasteiger charge is 2.42. The molecule has 2 aliphatic heterocycles. The Morgan fingerprint density at radius 3 is 2.40 bits per heavy atom. The lowest BCUT2D eigenvalue weighted by molar-refractivity contribution is -0.0485. The van der Waals surface area contributed by atoms with Crippen molar-refractivity contribution in [3.63, 3.8) is 0 Å². The number of fused-ring (bicyclic) bond motifs is 1. The second-order valence-electron chi connectivity index (χ2n) is 13.5. The van der Waals surface area contributed by atoms with Crippen molar-refractivity contribution in [1.82, 2.24) is 4.31 Å². The van der Waals surface area contributed by atoms with Gasteiger partial charge in [0.05, 0.1) is 55.8 Å². The van der Waals surface area contributed by atoms with Gasteiger partial charge < -0.3 is 33.7 Å². The van der Waals surface area contributed by atoms with Crippen LogP contribution in [0.25, 0.3) is 0 Å². The standard InChI is InChI=1S/C39H54N2O8S/c1-29-6-15-35(16-7-29)50(43,44)41-25-34(14-8-31-11-17-37-36(24-31)40(19-21-48-37)18-5-20-45-3)39(38(26-41)49-27-30(2)42)33-12-9-32(10-13-33)28-47-23-22-46-4/h6-7,9-13,15-17,24,30,34,38-39,42H,5,8,14,18-23,25-28H2,1-4H3/t30?,34-,38+,39+/m0/s1. The molecule has 0 radical (unpaired) electrons. The van der Waals surface area contributed by atoms with Crippen molar-refractivity contribution >= 4 is 15.7 Å². The Kier molecular flexibility index (Phi) is 14.1. The molecular formula is C39H54N2O8S. The lowest BCUT2D eigenvalue weighted by Crippen LogP contribution is -2.51. The largest absolute Gasteiger partial charge is 0.490 e. The molecule has 0 saturated carbocycles. The number of nitrogens with zero attached hydrogens (tertiary/aromatic N) is 2. The second-order valence-corrected chi connectivity index (χ2v) is 15.4. The first kappa shape index (κ1) is 38.2. The minimum atomic E-state index is -3.79. The first-order chi connectivity index (χ1) is 24.2. The average molecular weight is 711 g/mol. The van der Waals surface area contributed by atoms with Crippen LogP contribution in [0.5, 0.6) is 5.75 Å². The smallest absolute Gasteiger partial charge is 0.243 e. The molecule has 1 unspecified atom stereocenters. The van der Waals surface area contributed by atoms with Gasteiger partial charge in [-0.15, -0.1) is 0 Å². The molecule has 2 aliphatic rings. The van der Waals surface area contributed by atoms with Gasteiger partial charge in [0, 0.05) is 46.4 Å². The molecule has 0 aromatic heterocycles. The highest BCUT2D eigenvalue weighted by Crippen LogP contribution is 2.40. The molecular weight excluding hydrogens is 657 g/mol. The van der Waals surface area contributed by atoms with Gasteiger partial charge in [0.2, 0.25) is 10.0 Å². The molecule has 0 spiro atoms. The van der Waals surface area contributed by atoms with Crippen LogP contribution in [0.2, 0.25) is 0 Å². The summed E-state index contributed by atoms with van der Waals surface area (Å²) in [6.45, 7) is 8.90. The van der Waals surface area contributed by atoms with Gasteiger partial charge in [-0.2, -0.15) is 4.31 Å². The fourth-order valence-corrected chi connectivity index (χ4v) is 8.44. The minimum Gasteiger partial charge on any atom is -0.490 e. The Labute approximate surface area is 298 Å². The number of benzene rings is 3. The number of sulfonamides is 1. The number of hydrogen-bond donors (Lipinski definition) is 1. The zero-order chi connectivity index (χ0) is 35.5. The van der Waals surface area contributed by atoms with Gasteiger partial charge in [-0.05, 0) is 80.0 Å². The molecule has 50 heavy (non-hydrogen) atoms. The molecule has 0 bridgehead atoms. The number of hydrogen-bond acceptors (Lipinski definition) is 9. The predicted molar refractivity (Wildman–Crippen MR) is 195 cm³/mol. The summed E-state index contributed by atoms with van der Waals surface area (Å²) in [6, 6.07) is 21.8. The predicted octanol–water partition coefficient (Wildman–Crippen LogP) is 5.20. The number of aliphatic hydroxyl groups is 1. The van der Waals surface area contributed by atoms with E-state index >= 15 is 0 Å². The molecule has 3 aromatic rings. The van der Waals surface area contributed by atoms with Crippen LogP contribution in [-0.2, 0) is 42.0 Å². The summed E-state index contributed by atoms with van der Waals surface area (Å²) in [5.74, 6) is 0.742. The maximum atomic E-state index is 14.1. The van der Waals surface area contributed by atoms with Crippen molar-refractivity contribution in [3.05, 3.63) is 89.0 Å². The number of ether oxygens (including phenoxy) is 5. The number of aliphatic hydroxyl groups excluding tert-OH is 1. The molecule has 1 fully saturated rings. The van der Waals surface area contributed by atoms with E-state index in [1.807, 2.05) is 19.1 Å². The molecule has 2 heterocycles. The Hall–Kier alpha value is -3.03. The Balaban J connectivity index is 1.44. The fraction of sp³-hybridized carbons (Fsp3) is 0.538. The van der Waals surface area contributed by atoms with E-state index in [9.17, 15) is 13.5 Å². The van der Waals surface area contributed by atoms with Crippen molar-refractivity contribution in [3.8, 4) is 5.75 Å². The van der Waals surface area contributed by atoms with Crippen LogP contribution in [0.3, 0.4) is 0 Å². The van der Waals surface area contributed by atoms with E-state index in [1.165, 1.54) is 5.56 Å². The van der Waals surface area contributed by atoms with Crippen molar-refractivity contribution in [1.29, 1.82) is 0 Å². The molecule has 1 saturated heterocycles. The number of rotatable bonds is 18.